The summed E-state index contributed by atoms with van der Waals surface area (Å²) >= 11 is 0. The van der Waals surface area contributed by atoms with Gasteiger partial charge in [0.1, 0.15) is 5.75 Å². The number of nitriles is 1. The lowest BCUT2D eigenvalue weighted by Gasteiger charge is -2.19. The van der Waals surface area contributed by atoms with Crippen LogP contribution in [0.5, 0.6) is 5.75 Å². The molecule has 35 heavy (non-hydrogen) atoms. The Bertz CT molecular complexity index is 1130. The van der Waals surface area contributed by atoms with Crippen LogP contribution in [0.3, 0.4) is 0 Å². The Morgan fingerprint density at radius 3 is 2.00 bits per heavy atom. The van der Waals surface area contributed by atoms with Crippen molar-refractivity contribution >= 4 is 23.6 Å². The number of nitrogens with one attached hydrogen (secondary N) is 2. The number of hydrogen-bond acceptors (Lipinski definition) is 6. The van der Waals surface area contributed by atoms with Gasteiger partial charge in [-0.15, -0.1) is 0 Å². The molecule has 1 aliphatic heterocycles. The lowest BCUT2D eigenvalue weighted by Crippen LogP contribution is -2.45. The fourth-order valence-corrected chi connectivity index (χ4v) is 4.53. The predicted octanol–water partition coefficient (Wildman–Crippen LogP) is 2.32. The number of carbonyl (C=O) groups excluding carboxylic acids is 4. The van der Waals surface area contributed by atoms with E-state index in [9.17, 15) is 19.2 Å². The van der Waals surface area contributed by atoms with Gasteiger partial charge in [0.15, 0.2) is 6.61 Å². The Labute approximate surface area is 203 Å². The molecule has 2 aromatic carbocycles. The van der Waals surface area contributed by atoms with E-state index < -0.39 is 11.8 Å². The van der Waals surface area contributed by atoms with Crippen LogP contribution in [-0.4, -0.2) is 41.7 Å². The molecule has 9 heteroatoms. The summed E-state index contributed by atoms with van der Waals surface area (Å²) in [7, 11) is 0. The van der Waals surface area contributed by atoms with Crippen molar-refractivity contribution in [3.05, 3.63) is 54.1 Å². The summed E-state index contributed by atoms with van der Waals surface area (Å²) in [5.74, 6) is -1.42. The number of hydrogen-bond donors (Lipinski definition) is 2. The minimum atomic E-state index is -0.547. The number of carbonyl (C=O) groups is 4. The molecule has 2 aromatic rings. The van der Waals surface area contributed by atoms with Crippen molar-refractivity contribution in [1.82, 2.24) is 15.8 Å². The van der Waals surface area contributed by atoms with Gasteiger partial charge in [-0.05, 0) is 48.2 Å². The van der Waals surface area contributed by atoms with Crippen molar-refractivity contribution in [1.29, 1.82) is 5.26 Å². The van der Waals surface area contributed by atoms with Crippen molar-refractivity contribution in [2.45, 2.75) is 32.1 Å². The molecule has 0 unspecified atom stereocenters. The van der Waals surface area contributed by atoms with Gasteiger partial charge < -0.3 is 4.74 Å². The van der Waals surface area contributed by atoms with Gasteiger partial charge in [-0.25, -0.2) is 0 Å². The summed E-state index contributed by atoms with van der Waals surface area (Å²) in [4.78, 5) is 50.2. The van der Waals surface area contributed by atoms with Crippen LogP contribution in [0.15, 0.2) is 48.5 Å². The monoisotopic (exact) mass is 474 g/mol. The molecule has 0 radical (unpaired) electrons. The number of nitrogens with zero attached hydrogens (tertiary/aromatic N) is 2. The van der Waals surface area contributed by atoms with E-state index in [0.29, 0.717) is 11.3 Å². The predicted molar refractivity (Wildman–Crippen MR) is 125 cm³/mol. The molecule has 9 nitrogen and oxygen atoms in total. The van der Waals surface area contributed by atoms with E-state index in [1.807, 2.05) is 24.3 Å². The third kappa shape index (κ3) is 5.66. The van der Waals surface area contributed by atoms with E-state index >= 15 is 0 Å². The summed E-state index contributed by atoms with van der Waals surface area (Å²) in [6, 6.07) is 16.4. The molecule has 1 heterocycles. The average Bonchev–Trinajstić information content (AvgIpc) is 3.14. The van der Waals surface area contributed by atoms with Gasteiger partial charge >= 0.3 is 0 Å². The zero-order valence-electron chi connectivity index (χ0n) is 19.2. The number of likely N-dealkylation sites (tertiary alicyclic amines) is 1. The van der Waals surface area contributed by atoms with Crippen LogP contribution in [0.2, 0.25) is 0 Å². The zero-order valence-corrected chi connectivity index (χ0v) is 19.2. The first-order chi connectivity index (χ1) is 17.0. The number of ether oxygens (including phenoxy) is 1. The molecular formula is C26H26N4O5. The maximum atomic E-state index is 12.5. The molecule has 1 saturated heterocycles. The third-order valence-corrected chi connectivity index (χ3v) is 6.41. The second-order valence-electron chi connectivity index (χ2n) is 8.67. The first kappa shape index (κ1) is 24.0. The minimum absolute atomic E-state index is 0.00839. The maximum Gasteiger partial charge on any atom is 0.276 e. The van der Waals surface area contributed by atoms with E-state index in [1.54, 1.807) is 24.3 Å². The molecular weight excluding hydrogens is 448 g/mol. The van der Waals surface area contributed by atoms with Crippen molar-refractivity contribution in [2.75, 3.05) is 13.2 Å². The molecule has 0 aromatic heterocycles. The fourth-order valence-electron chi connectivity index (χ4n) is 4.53. The Kier molecular flexibility index (Phi) is 7.41. The van der Waals surface area contributed by atoms with Crippen molar-refractivity contribution in [2.24, 2.45) is 11.8 Å². The average molecular weight is 475 g/mol. The summed E-state index contributed by atoms with van der Waals surface area (Å²) in [6.07, 6.45) is 3.26. The Morgan fingerprint density at radius 2 is 1.43 bits per heavy atom. The topological polar surface area (TPSA) is 129 Å². The highest BCUT2D eigenvalue weighted by atomic mass is 16.5. The zero-order chi connectivity index (χ0) is 24.8. The van der Waals surface area contributed by atoms with Gasteiger partial charge in [0.2, 0.25) is 17.7 Å². The quantitative estimate of drug-likeness (QED) is 0.468. The molecule has 2 fully saturated rings. The molecule has 2 N–H and O–H groups in total. The van der Waals surface area contributed by atoms with E-state index in [0.717, 1.165) is 36.8 Å². The maximum absolute atomic E-state index is 12.5. The lowest BCUT2D eigenvalue weighted by molar-refractivity contribution is -0.140. The van der Waals surface area contributed by atoms with Gasteiger partial charge in [-0.2, -0.15) is 5.26 Å². The molecule has 4 rings (SSSR count). The normalized spacial score (nSPS) is 19.0. The van der Waals surface area contributed by atoms with E-state index in [-0.39, 0.29) is 43.2 Å². The fraction of sp³-hybridized carbons (Fsp3) is 0.346. The van der Waals surface area contributed by atoms with Gasteiger partial charge in [0.25, 0.3) is 5.91 Å². The number of fused-ring (bicyclic) bond motifs is 1. The lowest BCUT2D eigenvalue weighted by atomic mass is 9.81. The van der Waals surface area contributed by atoms with Crippen LogP contribution in [0.4, 0.5) is 0 Å². The van der Waals surface area contributed by atoms with E-state index in [1.165, 1.54) is 4.90 Å². The number of hydrazine groups is 1. The van der Waals surface area contributed by atoms with Crippen LogP contribution >= 0.6 is 0 Å². The molecule has 1 saturated carbocycles. The summed E-state index contributed by atoms with van der Waals surface area (Å²) < 4.78 is 5.45. The molecule has 0 bridgehead atoms. The van der Waals surface area contributed by atoms with Crippen LogP contribution in [0.25, 0.3) is 11.1 Å². The van der Waals surface area contributed by atoms with Gasteiger partial charge in [0, 0.05) is 13.0 Å². The molecule has 0 spiro atoms. The molecule has 2 aliphatic rings. The summed E-state index contributed by atoms with van der Waals surface area (Å²) in [5.41, 5.74) is 7.03. The summed E-state index contributed by atoms with van der Waals surface area (Å²) in [6.45, 7) is -0.294. The van der Waals surface area contributed by atoms with Gasteiger partial charge in [-0.1, -0.05) is 37.1 Å². The molecule has 180 valence electrons. The number of benzene rings is 2. The highest BCUT2D eigenvalue weighted by Gasteiger charge is 2.47. The number of rotatable bonds is 7. The molecule has 2 atom stereocenters. The molecule has 1 aliphatic carbocycles. The van der Waals surface area contributed by atoms with Crippen molar-refractivity contribution in [3.63, 3.8) is 0 Å². The van der Waals surface area contributed by atoms with E-state index in [4.69, 9.17) is 10.00 Å². The number of imide groups is 1. The highest BCUT2D eigenvalue weighted by molar-refractivity contribution is 6.05. The molecule has 4 amide bonds. The van der Waals surface area contributed by atoms with Crippen LogP contribution in [0, 0.1) is 23.2 Å². The van der Waals surface area contributed by atoms with E-state index in [2.05, 4.69) is 16.9 Å². The first-order valence-corrected chi connectivity index (χ1v) is 11.6. The third-order valence-electron chi connectivity index (χ3n) is 6.41. The van der Waals surface area contributed by atoms with Gasteiger partial charge in [-0.3, -0.25) is 34.9 Å². The second kappa shape index (κ2) is 10.8. The first-order valence-electron chi connectivity index (χ1n) is 11.6. The minimum Gasteiger partial charge on any atom is -0.484 e. The van der Waals surface area contributed by atoms with Crippen molar-refractivity contribution in [3.8, 4) is 22.9 Å². The Hall–Kier alpha value is -4.19. The van der Waals surface area contributed by atoms with Gasteiger partial charge in [0.05, 0.1) is 23.5 Å². The smallest absolute Gasteiger partial charge is 0.276 e. The second-order valence-corrected chi connectivity index (χ2v) is 8.67. The Balaban J connectivity index is 1.17. The van der Waals surface area contributed by atoms with Crippen LogP contribution < -0.4 is 15.6 Å². The van der Waals surface area contributed by atoms with Crippen LogP contribution in [-0.2, 0) is 19.2 Å². The number of amides is 4. The van der Waals surface area contributed by atoms with Crippen molar-refractivity contribution < 1.29 is 23.9 Å². The van der Waals surface area contributed by atoms with Crippen LogP contribution in [0.1, 0.15) is 37.7 Å². The standard InChI is InChI=1S/C26H26N4O5/c27-15-17-5-7-18(8-6-17)19-9-11-20(12-10-19)35-16-24(32)29-28-23(31)13-14-30-25(33)21-3-1-2-4-22(21)26(30)34/h5-12,21-22H,1-4,13-14,16H2,(H,28,31)(H,29,32)/t21-,22-/m1/s1. The largest absolute Gasteiger partial charge is 0.484 e. The Morgan fingerprint density at radius 1 is 0.886 bits per heavy atom. The highest BCUT2D eigenvalue weighted by Crippen LogP contribution is 2.37. The summed E-state index contributed by atoms with van der Waals surface area (Å²) in [5, 5.41) is 8.89. The SMILES string of the molecule is N#Cc1ccc(-c2ccc(OCC(=O)NNC(=O)CCN3C(=O)[C@@H]4CCCC[C@H]4C3=O)cc2)cc1.